The van der Waals surface area contributed by atoms with Crippen molar-refractivity contribution in [2.75, 3.05) is 20.1 Å². The fraction of sp³-hybridized carbons (Fsp3) is 0.474. The van der Waals surface area contributed by atoms with E-state index in [-0.39, 0.29) is 18.4 Å². The highest BCUT2D eigenvalue weighted by Gasteiger charge is 2.33. The van der Waals surface area contributed by atoms with E-state index in [9.17, 15) is 8.42 Å². The second-order valence-corrected chi connectivity index (χ2v) is 8.89. The lowest BCUT2D eigenvalue weighted by Gasteiger charge is -2.32. The van der Waals surface area contributed by atoms with Crippen LogP contribution in [0.15, 0.2) is 53.0 Å². The molecule has 1 unspecified atom stereocenters. The van der Waals surface area contributed by atoms with E-state index in [4.69, 9.17) is 0 Å². The summed E-state index contributed by atoms with van der Waals surface area (Å²) in [5, 5.41) is 0. The van der Waals surface area contributed by atoms with Crippen LogP contribution in [-0.4, -0.2) is 49.8 Å². The Morgan fingerprint density at radius 2 is 1.96 bits per heavy atom. The van der Waals surface area contributed by atoms with Gasteiger partial charge in [-0.05, 0) is 44.4 Å². The second kappa shape index (κ2) is 8.04. The molecule has 1 aromatic carbocycles. The Kier molecular flexibility index (Phi) is 6.49. The Hall–Kier alpha value is -1.14. The Labute approximate surface area is 157 Å². The third-order valence-corrected chi connectivity index (χ3v) is 6.99. The maximum Gasteiger partial charge on any atom is 0.243 e. The van der Waals surface area contributed by atoms with Crippen molar-refractivity contribution >= 4 is 22.4 Å². The summed E-state index contributed by atoms with van der Waals surface area (Å²) in [4.78, 5) is 2.80. The number of aryl methyl sites for hydroxylation is 1. The molecule has 0 saturated heterocycles. The molecule has 0 spiro atoms. The molecule has 1 aromatic rings. The summed E-state index contributed by atoms with van der Waals surface area (Å²) in [6, 6.07) is 7.37. The molecule has 1 aliphatic carbocycles. The highest BCUT2D eigenvalue weighted by atomic mass is 35.5. The van der Waals surface area contributed by atoms with Crippen LogP contribution in [0.2, 0.25) is 0 Å². The van der Waals surface area contributed by atoms with Gasteiger partial charge >= 0.3 is 0 Å². The summed E-state index contributed by atoms with van der Waals surface area (Å²) >= 11 is 0. The third kappa shape index (κ3) is 4.34. The van der Waals surface area contributed by atoms with Gasteiger partial charge in [0.25, 0.3) is 0 Å². The lowest BCUT2D eigenvalue weighted by molar-refractivity contribution is 0.228. The van der Waals surface area contributed by atoms with Crippen molar-refractivity contribution in [3.63, 3.8) is 0 Å². The lowest BCUT2D eigenvalue weighted by atomic mass is 10.1. The number of likely N-dealkylation sites (N-methyl/N-ethyl adjacent to an activating group) is 1. The average molecular weight is 383 g/mol. The maximum atomic E-state index is 12.9. The van der Waals surface area contributed by atoms with Crippen molar-refractivity contribution in [3.8, 4) is 0 Å². The van der Waals surface area contributed by atoms with Crippen LogP contribution in [0.5, 0.6) is 0 Å². The largest absolute Gasteiger partial charge is 0.293 e. The average Bonchev–Trinajstić information content (AvgIpc) is 3.04. The van der Waals surface area contributed by atoms with Gasteiger partial charge in [-0.15, -0.1) is 12.4 Å². The SMILES string of the molecule is CC1=CCN(C2C=C[C@@H](N(C)S(=O)(=O)c3cccc(C)c3)C2)CC1.Cl. The fourth-order valence-corrected chi connectivity index (χ4v) is 4.84. The lowest BCUT2D eigenvalue weighted by Crippen LogP contribution is -2.40. The minimum Gasteiger partial charge on any atom is -0.293 e. The Balaban J connectivity index is 0.00000225. The molecule has 2 atom stereocenters. The van der Waals surface area contributed by atoms with Crippen molar-refractivity contribution in [2.24, 2.45) is 0 Å². The first kappa shape index (κ1) is 20.2. The molecule has 138 valence electrons. The number of hydrogen-bond donors (Lipinski definition) is 0. The third-order valence-electron chi connectivity index (χ3n) is 5.11. The molecule has 25 heavy (non-hydrogen) atoms. The highest BCUT2D eigenvalue weighted by Crippen LogP contribution is 2.27. The number of sulfonamides is 1. The van der Waals surface area contributed by atoms with Crippen LogP contribution in [-0.2, 0) is 10.0 Å². The van der Waals surface area contributed by atoms with Crippen LogP contribution in [0.3, 0.4) is 0 Å². The number of rotatable bonds is 4. The minimum atomic E-state index is -3.46. The van der Waals surface area contributed by atoms with Gasteiger partial charge in [0.05, 0.1) is 4.90 Å². The zero-order valence-corrected chi connectivity index (χ0v) is 16.7. The molecule has 0 radical (unpaired) electrons. The molecule has 0 N–H and O–H groups in total. The van der Waals surface area contributed by atoms with E-state index >= 15 is 0 Å². The Morgan fingerprint density at radius 1 is 1.20 bits per heavy atom. The number of hydrogen-bond acceptors (Lipinski definition) is 3. The first-order valence-electron chi connectivity index (χ1n) is 8.50. The van der Waals surface area contributed by atoms with Gasteiger partial charge in [-0.3, -0.25) is 4.90 Å². The molecule has 1 aliphatic heterocycles. The van der Waals surface area contributed by atoms with Crippen LogP contribution in [0.25, 0.3) is 0 Å². The van der Waals surface area contributed by atoms with Crippen molar-refractivity contribution in [2.45, 2.75) is 43.7 Å². The first-order chi connectivity index (χ1) is 11.4. The van der Waals surface area contributed by atoms with Crippen molar-refractivity contribution in [1.82, 2.24) is 9.21 Å². The van der Waals surface area contributed by atoms with E-state index in [1.54, 1.807) is 25.2 Å². The molecule has 0 fully saturated rings. The molecule has 2 aliphatic rings. The number of halogens is 1. The van der Waals surface area contributed by atoms with Crippen LogP contribution >= 0.6 is 12.4 Å². The smallest absolute Gasteiger partial charge is 0.243 e. The first-order valence-corrected chi connectivity index (χ1v) is 9.94. The standard InChI is InChI=1S/C19H26N2O2S.ClH/c1-15-9-11-21(12-10-15)18-8-7-17(14-18)20(3)24(22,23)19-6-4-5-16(2)13-19;/h4-9,13,17-18H,10-12,14H2,1-3H3;1H/t17-,18?;/m1./s1. The summed E-state index contributed by atoms with van der Waals surface area (Å²) in [5.74, 6) is 0. The van der Waals surface area contributed by atoms with Crippen LogP contribution < -0.4 is 0 Å². The normalized spacial score (nSPS) is 24.2. The molecule has 1 heterocycles. The molecule has 6 heteroatoms. The van der Waals surface area contributed by atoms with Gasteiger partial charge < -0.3 is 0 Å². The summed E-state index contributed by atoms with van der Waals surface area (Å²) < 4.78 is 27.2. The highest BCUT2D eigenvalue weighted by molar-refractivity contribution is 7.89. The molecular weight excluding hydrogens is 356 g/mol. The summed E-state index contributed by atoms with van der Waals surface area (Å²) in [5.41, 5.74) is 2.41. The number of benzene rings is 1. The van der Waals surface area contributed by atoms with E-state index in [0.717, 1.165) is 31.5 Å². The molecule has 0 bridgehead atoms. The summed E-state index contributed by atoms with van der Waals surface area (Å²) in [7, 11) is -1.77. The van der Waals surface area contributed by atoms with E-state index in [2.05, 4.69) is 24.0 Å². The topological polar surface area (TPSA) is 40.6 Å². The van der Waals surface area contributed by atoms with E-state index in [0.29, 0.717) is 10.9 Å². The Bertz CT molecular complexity index is 773. The minimum absolute atomic E-state index is 0. The van der Waals surface area contributed by atoms with Gasteiger partial charge in [0, 0.05) is 32.2 Å². The predicted octanol–water partition coefficient (Wildman–Crippen LogP) is 3.39. The zero-order chi connectivity index (χ0) is 17.3. The predicted molar refractivity (Wildman–Crippen MR) is 105 cm³/mol. The van der Waals surface area contributed by atoms with Gasteiger partial charge in [0.2, 0.25) is 10.0 Å². The van der Waals surface area contributed by atoms with Gasteiger partial charge in [-0.25, -0.2) is 8.42 Å². The van der Waals surface area contributed by atoms with Crippen LogP contribution in [0, 0.1) is 6.92 Å². The van der Waals surface area contributed by atoms with Crippen molar-refractivity contribution in [1.29, 1.82) is 0 Å². The molecule has 0 aromatic heterocycles. The van der Waals surface area contributed by atoms with Crippen LogP contribution in [0.4, 0.5) is 0 Å². The fourth-order valence-electron chi connectivity index (χ4n) is 3.41. The van der Waals surface area contributed by atoms with E-state index in [1.165, 1.54) is 9.88 Å². The van der Waals surface area contributed by atoms with Gasteiger partial charge in [-0.1, -0.05) is 35.9 Å². The molecule has 0 saturated carbocycles. The maximum absolute atomic E-state index is 12.9. The van der Waals surface area contributed by atoms with Gasteiger partial charge in [0.15, 0.2) is 0 Å². The summed E-state index contributed by atoms with van der Waals surface area (Å²) in [6.45, 7) is 6.10. The van der Waals surface area contributed by atoms with E-state index in [1.807, 2.05) is 19.1 Å². The van der Waals surface area contributed by atoms with E-state index < -0.39 is 10.0 Å². The quantitative estimate of drug-likeness (QED) is 0.749. The van der Waals surface area contributed by atoms with Crippen molar-refractivity contribution in [3.05, 3.63) is 53.6 Å². The second-order valence-electron chi connectivity index (χ2n) is 6.89. The monoisotopic (exact) mass is 382 g/mol. The number of nitrogens with zero attached hydrogens (tertiary/aromatic N) is 2. The molecule has 0 amide bonds. The van der Waals surface area contributed by atoms with Gasteiger partial charge in [-0.2, -0.15) is 4.31 Å². The van der Waals surface area contributed by atoms with Crippen LogP contribution in [0.1, 0.15) is 25.3 Å². The molecular formula is C19H27ClN2O2S. The summed E-state index contributed by atoms with van der Waals surface area (Å²) in [6.07, 6.45) is 8.42. The van der Waals surface area contributed by atoms with Gasteiger partial charge in [0.1, 0.15) is 0 Å². The zero-order valence-electron chi connectivity index (χ0n) is 15.1. The molecule has 4 nitrogen and oxygen atoms in total. The Morgan fingerprint density at radius 3 is 2.60 bits per heavy atom. The molecule has 3 rings (SSSR count). The van der Waals surface area contributed by atoms with Crippen molar-refractivity contribution < 1.29 is 8.42 Å².